The fourth-order valence-corrected chi connectivity index (χ4v) is 2.56. The van der Waals surface area contributed by atoms with Gasteiger partial charge in [0.2, 0.25) is 11.8 Å². The molecule has 0 aromatic heterocycles. The molecular weight excluding hydrogens is 240 g/mol. The molecule has 1 aliphatic rings. The van der Waals surface area contributed by atoms with Gasteiger partial charge in [-0.05, 0) is 26.7 Å². The van der Waals surface area contributed by atoms with E-state index in [0.717, 1.165) is 12.8 Å². The van der Waals surface area contributed by atoms with Gasteiger partial charge in [-0.3, -0.25) is 9.59 Å². The fraction of sp³-hybridized carbons (Fsp3) is 0.867. The second-order valence-corrected chi connectivity index (χ2v) is 5.87. The minimum Gasteiger partial charge on any atom is -0.340 e. The third kappa shape index (κ3) is 3.95. The molecule has 4 heteroatoms. The predicted molar refractivity (Wildman–Crippen MR) is 76.8 cm³/mol. The van der Waals surface area contributed by atoms with E-state index in [-0.39, 0.29) is 24.4 Å². The van der Waals surface area contributed by atoms with Gasteiger partial charge in [-0.25, -0.2) is 0 Å². The molecule has 0 spiro atoms. The van der Waals surface area contributed by atoms with Crippen LogP contribution in [0.15, 0.2) is 0 Å². The van der Waals surface area contributed by atoms with Gasteiger partial charge in [-0.1, -0.05) is 39.5 Å². The topological polar surface area (TPSA) is 49.4 Å². The highest BCUT2D eigenvalue weighted by atomic mass is 16.2. The van der Waals surface area contributed by atoms with Crippen molar-refractivity contribution < 1.29 is 9.59 Å². The van der Waals surface area contributed by atoms with Crippen LogP contribution in [0.5, 0.6) is 0 Å². The number of nitrogens with one attached hydrogen (secondary N) is 1. The molecule has 0 saturated carbocycles. The van der Waals surface area contributed by atoms with Crippen molar-refractivity contribution in [2.45, 2.75) is 77.8 Å². The van der Waals surface area contributed by atoms with Gasteiger partial charge in [0.1, 0.15) is 5.54 Å². The zero-order valence-corrected chi connectivity index (χ0v) is 12.8. The summed E-state index contributed by atoms with van der Waals surface area (Å²) in [4.78, 5) is 26.0. The van der Waals surface area contributed by atoms with Gasteiger partial charge in [-0.2, -0.15) is 0 Å². The molecule has 1 fully saturated rings. The number of carbonyl (C=O) groups excluding carboxylic acids is 2. The molecule has 1 aliphatic heterocycles. The molecule has 1 heterocycles. The average Bonchev–Trinajstić information content (AvgIpc) is 2.38. The van der Waals surface area contributed by atoms with Crippen LogP contribution in [0.2, 0.25) is 0 Å². The molecule has 19 heavy (non-hydrogen) atoms. The highest BCUT2D eigenvalue weighted by molar-refractivity contribution is 5.97. The molecule has 0 aliphatic carbocycles. The molecular formula is C15H28N2O2. The zero-order chi connectivity index (χ0) is 14.5. The first-order chi connectivity index (χ1) is 8.94. The van der Waals surface area contributed by atoms with Crippen LogP contribution in [-0.2, 0) is 9.59 Å². The third-order valence-corrected chi connectivity index (χ3v) is 4.18. The number of hydrogen-bond acceptors (Lipinski definition) is 2. The number of piperazine rings is 1. The van der Waals surface area contributed by atoms with Crippen LogP contribution in [0.4, 0.5) is 0 Å². The first kappa shape index (κ1) is 16.0. The number of hydrogen-bond donors (Lipinski definition) is 1. The Morgan fingerprint density at radius 2 is 1.95 bits per heavy atom. The van der Waals surface area contributed by atoms with Crippen molar-refractivity contribution in [3.05, 3.63) is 0 Å². The maximum Gasteiger partial charge on any atom is 0.248 e. The first-order valence-electron chi connectivity index (χ1n) is 7.56. The lowest BCUT2D eigenvalue weighted by Gasteiger charge is -2.42. The van der Waals surface area contributed by atoms with E-state index < -0.39 is 5.54 Å². The summed E-state index contributed by atoms with van der Waals surface area (Å²) >= 11 is 0. The lowest BCUT2D eigenvalue weighted by molar-refractivity contribution is -0.151. The van der Waals surface area contributed by atoms with Crippen LogP contribution in [-0.4, -0.2) is 34.8 Å². The maximum absolute atomic E-state index is 12.5. The molecule has 2 amide bonds. The third-order valence-electron chi connectivity index (χ3n) is 4.18. The summed E-state index contributed by atoms with van der Waals surface area (Å²) in [5.74, 6) is 0.0296. The molecule has 0 radical (unpaired) electrons. The summed E-state index contributed by atoms with van der Waals surface area (Å²) in [6.07, 6.45) is 6.42. The Morgan fingerprint density at radius 1 is 1.26 bits per heavy atom. The van der Waals surface area contributed by atoms with Crippen molar-refractivity contribution in [1.29, 1.82) is 0 Å². The van der Waals surface area contributed by atoms with Crippen LogP contribution < -0.4 is 5.32 Å². The lowest BCUT2D eigenvalue weighted by Crippen LogP contribution is -2.66. The van der Waals surface area contributed by atoms with Crippen molar-refractivity contribution >= 4 is 11.8 Å². The quantitative estimate of drug-likeness (QED) is 0.721. The Kier molecular flexibility index (Phi) is 5.83. The highest BCUT2D eigenvalue weighted by Gasteiger charge is 2.42. The summed E-state index contributed by atoms with van der Waals surface area (Å²) < 4.78 is 0. The van der Waals surface area contributed by atoms with Crippen LogP contribution >= 0.6 is 0 Å². The SMILES string of the molecule is CCCCCCC(C)N1CC(=O)NC(C)(CC)C1=O. The largest absolute Gasteiger partial charge is 0.340 e. The van der Waals surface area contributed by atoms with Crippen molar-refractivity contribution in [2.75, 3.05) is 6.54 Å². The molecule has 0 aromatic rings. The summed E-state index contributed by atoms with van der Waals surface area (Å²) in [7, 11) is 0. The second-order valence-electron chi connectivity index (χ2n) is 5.87. The van der Waals surface area contributed by atoms with E-state index in [1.807, 2.05) is 13.8 Å². The van der Waals surface area contributed by atoms with E-state index in [1.54, 1.807) is 4.90 Å². The van der Waals surface area contributed by atoms with E-state index >= 15 is 0 Å². The average molecular weight is 268 g/mol. The smallest absolute Gasteiger partial charge is 0.248 e. The van der Waals surface area contributed by atoms with Crippen LogP contribution in [0, 0.1) is 0 Å². The van der Waals surface area contributed by atoms with Crippen LogP contribution in [0.3, 0.4) is 0 Å². The van der Waals surface area contributed by atoms with Gasteiger partial charge in [0.05, 0.1) is 6.54 Å². The summed E-state index contributed by atoms with van der Waals surface area (Å²) in [5.41, 5.74) is -0.715. The Balaban J connectivity index is 2.59. The van der Waals surface area contributed by atoms with Gasteiger partial charge in [0.15, 0.2) is 0 Å². The maximum atomic E-state index is 12.5. The molecule has 4 nitrogen and oxygen atoms in total. The van der Waals surface area contributed by atoms with Gasteiger partial charge in [-0.15, -0.1) is 0 Å². The summed E-state index contributed by atoms with van der Waals surface area (Å²) in [5, 5.41) is 2.82. The van der Waals surface area contributed by atoms with Crippen molar-refractivity contribution in [3.63, 3.8) is 0 Å². The number of carbonyl (C=O) groups is 2. The molecule has 0 aromatic carbocycles. The van der Waals surface area contributed by atoms with Crippen LogP contribution in [0.25, 0.3) is 0 Å². The highest BCUT2D eigenvalue weighted by Crippen LogP contribution is 2.21. The second kappa shape index (κ2) is 6.92. The predicted octanol–water partition coefficient (Wildman–Crippen LogP) is 2.47. The monoisotopic (exact) mass is 268 g/mol. The van der Waals surface area contributed by atoms with Gasteiger partial charge < -0.3 is 10.2 Å². The minimum atomic E-state index is -0.715. The lowest BCUT2D eigenvalue weighted by atomic mass is 9.93. The standard InChI is InChI=1S/C15H28N2O2/c1-5-7-8-9-10-12(3)17-11-13(18)16-15(4,6-2)14(17)19/h12H,5-11H2,1-4H3,(H,16,18). The Bertz CT molecular complexity index is 330. The molecule has 2 atom stereocenters. The van der Waals surface area contributed by atoms with Crippen molar-refractivity contribution in [2.24, 2.45) is 0 Å². The number of unbranched alkanes of at least 4 members (excludes halogenated alkanes) is 3. The Hall–Kier alpha value is -1.06. The summed E-state index contributed by atoms with van der Waals surface area (Å²) in [6.45, 7) is 8.22. The number of amides is 2. The van der Waals surface area contributed by atoms with Crippen molar-refractivity contribution in [3.8, 4) is 0 Å². The van der Waals surface area contributed by atoms with Crippen molar-refractivity contribution in [1.82, 2.24) is 10.2 Å². The Morgan fingerprint density at radius 3 is 2.53 bits per heavy atom. The molecule has 0 bridgehead atoms. The zero-order valence-electron chi connectivity index (χ0n) is 12.8. The summed E-state index contributed by atoms with van der Waals surface area (Å²) in [6, 6.07) is 0.154. The number of nitrogens with zero attached hydrogens (tertiary/aromatic N) is 1. The fourth-order valence-electron chi connectivity index (χ4n) is 2.56. The Labute approximate surface area is 116 Å². The molecule has 2 unspecified atom stereocenters. The number of rotatable bonds is 7. The van der Waals surface area contributed by atoms with E-state index in [2.05, 4.69) is 19.2 Å². The van der Waals surface area contributed by atoms with E-state index in [0.29, 0.717) is 6.42 Å². The first-order valence-corrected chi connectivity index (χ1v) is 7.56. The normalized spacial score (nSPS) is 25.4. The van der Waals surface area contributed by atoms with E-state index in [4.69, 9.17) is 0 Å². The van der Waals surface area contributed by atoms with E-state index in [9.17, 15) is 9.59 Å². The van der Waals surface area contributed by atoms with Gasteiger partial charge >= 0.3 is 0 Å². The van der Waals surface area contributed by atoms with Gasteiger partial charge in [0.25, 0.3) is 0 Å². The molecule has 1 N–H and O–H groups in total. The molecule has 110 valence electrons. The van der Waals surface area contributed by atoms with Gasteiger partial charge in [0, 0.05) is 6.04 Å². The van der Waals surface area contributed by atoms with Crippen LogP contribution in [0.1, 0.15) is 66.2 Å². The molecule has 1 rings (SSSR count). The molecule has 1 saturated heterocycles. The minimum absolute atomic E-state index is 0.0376. The van der Waals surface area contributed by atoms with E-state index in [1.165, 1.54) is 19.3 Å².